The van der Waals surface area contributed by atoms with E-state index in [4.69, 9.17) is 4.74 Å². The Balaban J connectivity index is 1.47. The van der Waals surface area contributed by atoms with E-state index >= 15 is 0 Å². The van der Waals surface area contributed by atoms with Crippen LogP contribution in [0.5, 0.6) is 5.75 Å². The maximum atomic E-state index is 14.0. The summed E-state index contributed by atoms with van der Waals surface area (Å²) in [6, 6.07) is 18.6. The van der Waals surface area contributed by atoms with E-state index in [1.54, 1.807) is 35.4 Å². The first-order valence-corrected chi connectivity index (χ1v) is 12.0. The highest BCUT2D eigenvalue weighted by molar-refractivity contribution is 6.25. The topological polar surface area (TPSA) is 122 Å². The van der Waals surface area contributed by atoms with Gasteiger partial charge in [0.2, 0.25) is 17.7 Å². The molecule has 3 aromatic rings. The number of fused-ring (bicyclic) bond motifs is 5. The van der Waals surface area contributed by atoms with E-state index in [-0.39, 0.29) is 17.1 Å². The molecule has 2 saturated heterocycles. The number of nitro benzene ring substituents is 1. The van der Waals surface area contributed by atoms with Gasteiger partial charge in [-0.3, -0.25) is 24.5 Å². The Kier molecular flexibility index (Phi) is 5.45. The van der Waals surface area contributed by atoms with E-state index in [1.165, 1.54) is 19.2 Å². The molecule has 3 aliphatic rings. The van der Waals surface area contributed by atoms with Crippen molar-refractivity contribution in [1.29, 1.82) is 0 Å². The maximum absolute atomic E-state index is 14.0. The van der Waals surface area contributed by atoms with Crippen LogP contribution in [0.25, 0.3) is 6.08 Å². The minimum absolute atomic E-state index is 0.0143. The molecule has 10 nitrogen and oxygen atoms in total. The minimum Gasteiger partial charge on any atom is -0.495 e. The quantitative estimate of drug-likeness (QED) is 0.315. The number of imide groups is 1. The highest BCUT2D eigenvalue weighted by atomic mass is 16.6. The Bertz CT molecular complexity index is 1520. The predicted octanol–water partition coefficient (Wildman–Crippen LogP) is 3.76. The number of non-ortho nitro benzene ring substituents is 1. The molecule has 38 heavy (non-hydrogen) atoms. The Morgan fingerprint density at radius 3 is 2.42 bits per heavy atom. The number of carbonyl (C=O) groups excluding carboxylic acids is 3. The molecule has 190 valence electrons. The molecule has 0 spiro atoms. The minimum atomic E-state index is -1.02. The van der Waals surface area contributed by atoms with Gasteiger partial charge in [0, 0.05) is 24.0 Å². The highest BCUT2D eigenvalue weighted by Crippen LogP contribution is 2.54. The lowest BCUT2D eigenvalue weighted by Crippen LogP contribution is -2.46. The monoisotopic (exact) mass is 510 g/mol. The number of ether oxygens (including phenoxy) is 1. The Hall–Kier alpha value is -4.99. The fourth-order valence-corrected chi connectivity index (χ4v) is 5.80. The van der Waals surface area contributed by atoms with E-state index in [2.05, 4.69) is 5.32 Å². The number of nitro groups is 1. The van der Waals surface area contributed by atoms with Crippen LogP contribution in [0.4, 0.5) is 17.1 Å². The molecule has 3 aromatic carbocycles. The molecule has 10 heteroatoms. The number of para-hydroxylation sites is 1. The molecule has 3 aliphatic heterocycles. The van der Waals surface area contributed by atoms with Crippen molar-refractivity contribution in [3.05, 3.63) is 100 Å². The molecule has 3 amide bonds. The van der Waals surface area contributed by atoms with Crippen molar-refractivity contribution >= 4 is 40.9 Å². The zero-order chi connectivity index (χ0) is 26.6. The van der Waals surface area contributed by atoms with Crippen molar-refractivity contribution in [2.45, 2.75) is 12.1 Å². The summed E-state index contributed by atoms with van der Waals surface area (Å²) >= 11 is 0. The highest BCUT2D eigenvalue weighted by Gasteiger charge is 2.65. The second-order valence-corrected chi connectivity index (χ2v) is 9.31. The standard InChI is InChI=1S/C28H22N4O6/c1-38-21-12-11-18(32(36)37)15-20(21)31-27(34)22-23(28(31)35)25(26(33)29-17-8-3-2-4-9-17)30-14-13-16-7-5-6-10-19(16)24(22)30/h2-15,22-25H,1H3,(H,29,33)/t22-,23+,24-,25-/m0/s1. The van der Waals surface area contributed by atoms with Crippen molar-refractivity contribution in [3.63, 3.8) is 0 Å². The molecule has 0 bridgehead atoms. The number of hydrogen-bond acceptors (Lipinski definition) is 7. The lowest BCUT2D eigenvalue weighted by molar-refractivity contribution is -0.384. The van der Waals surface area contributed by atoms with Gasteiger partial charge in [-0.1, -0.05) is 42.5 Å². The first-order valence-electron chi connectivity index (χ1n) is 12.0. The summed E-state index contributed by atoms with van der Waals surface area (Å²) < 4.78 is 5.36. The molecule has 0 unspecified atom stereocenters. The van der Waals surface area contributed by atoms with Crippen LogP contribution in [-0.2, 0) is 14.4 Å². The zero-order valence-electron chi connectivity index (χ0n) is 20.2. The van der Waals surface area contributed by atoms with Crippen molar-refractivity contribution in [2.75, 3.05) is 17.3 Å². The fraction of sp³-hybridized carbons (Fsp3) is 0.179. The van der Waals surface area contributed by atoms with Crippen LogP contribution in [0.2, 0.25) is 0 Å². The van der Waals surface area contributed by atoms with Gasteiger partial charge in [-0.15, -0.1) is 0 Å². The largest absolute Gasteiger partial charge is 0.495 e. The summed E-state index contributed by atoms with van der Waals surface area (Å²) in [5.41, 5.74) is 1.98. The first kappa shape index (κ1) is 23.4. The molecule has 6 rings (SSSR count). The third-order valence-electron chi connectivity index (χ3n) is 7.39. The van der Waals surface area contributed by atoms with Crippen LogP contribution in [-0.4, -0.2) is 40.7 Å². The number of methoxy groups -OCH3 is 1. The van der Waals surface area contributed by atoms with Gasteiger partial charge < -0.3 is 15.0 Å². The van der Waals surface area contributed by atoms with Gasteiger partial charge in [-0.25, -0.2) is 4.90 Å². The molecule has 0 radical (unpaired) electrons. The zero-order valence-corrected chi connectivity index (χ0v) is 20.2. The average Bonchev–Trinajstić information content (AvgIpc) is 3.41. The van der Waals surface area contributed by atoms with Crippen LogP contribution >= 0.6 is 0 Å². The molecular weight excluding hydrogens is 488 g/mol. The Morgan fingerprint density at radius 2 is 1.68 bits per heavy atom. The SMILES string of the molecule is COc1ccc([N+](=O)[O-])cc1N1C(=O)[C@@H]2[C@H](C1=O)[C@@H]1c3ccccc3C=CN1[C@@H]2C(=O)Nc1ccccc1. The molecule has 0 saturated carbocycles. The summed E-state index contributed by atoms with van der Waals surface area (Å²) in [5.74, 6) is -3.32. The smallest absolute Gasteiger partial charge is 0.271 e. The predicted molar refractivity (Wildman–Crippen MR) is 138 cm³/mol. The summed E-state index contributed by atoms with van der Waals surface area (Å²) in [6.45, 7) is 0. The Morgan fingerprint density at radius 1 is 0.974 bits per heavy atom. The summed E-state index contributed by atoms with van der Waals surface area (Å²) in [4.78, 5) is 55.4. The fourth-order valence-electron chi connectivity index (χ4n) is 5.80. The van der Waals surface area contributed by atoms with Crippen LogP contribution in [0, 0.1) is 22.0 Å². The number of nitrogens with one attached hydrogen (secondary N) is 1. The second kappa shape index (κ2) is 8.84. The number of rotatable bonds is 5. The van der Waals surface area contributed by atoms with E-state index in [0.717, 1.165) is 22.1 Å². The summed E-state index contributed by atoms with van der Waals surface area (Å²) in [7, 11) is 1.36. The Labute approximate surface area is 217 Å². The van der Waals surface area contributed by atoms with Gasteiger partial charge in [-0.05, 0) is 35.4 Å². The number of nitrogens with zero attached hydrogens (tertiary/aromatic N) is 3. The molecule has 4 atom stereocenters. The van der Waals surface area contributed by atoms with E-state index in [9.17, 15) is 24.5 Å². The van der Waals surface area contributed by atoms with Gasteiger partial charge in [0.1, 0.15) is 17.5 Å². The normalized spacial score (nSPS) is 23.1. The lowest BCUT2D eigenvalue weighted by atomic mass is 9.84. The first-order chi connectivity index (χ1) is 18.4. The molecule has 0 aromatic heterocycles. The average molecular weight is 511 g/mol. The van der Waals surface area contributed by atoms with Gasteiger partial charge in [0.05, 0.1) is 29.9 Å². The van der Waals surface area contributed by atoms with Crippen molar-refractivity contribution in [1.82, 2.24) is 4.90 Å². The number of carbonyl (C=O) groups is 3. The maximum Gasteiger partial charge on any atom is 0.271 e. The van der Waals surface area contributed by atoms with Gasteiger partial charge in [0.25, 0.3) is 5.69 Å². The van der Waals surface area contributed by atoms with E-state index in [1.807, 2.05) is 36.4 Å². The number of anilines is 2. The van der Waals surface area contributed by atoms with Crippen molar-refractivity contribution in [2.24, 2.45) is 11.8 Å². The molecule has 2 fully saturated rings. The molecular formula is C28H22N4O6. The van der Waals surface area contributed by atoms with E-state index in [0.29, 0.717) is 5.69 Å². The number of hydrogen-bond donors (Lipinski definition) is 1. The number of amides is 3. The van der Waals surface area contributed by atoms with Gasteiger partial charge in [-0.2, -0.15) is 0 Å². The van der Waals surface area contributed by atoms with Crippen molar-refractivity contribution in [3.8, 4) is 5.75 Å². The second-order valence-electron chi connectivity index (χ2n) is 9.31. The van der Waals surface area contributed by atoms with Crippen LogP contribution in [0.15, 0.2) is 79.0 Å². The van der Waals surface area contributed by atoms with E-state index < -0.39 is 46.6 Å². The van der Waals surface area contributed by atoms with Crippen LogP contribution < -0.4 is 15.0 Å². The molecule has 1 N–H and O–H groups in total. The lowest BCUT2D eigenvalue weighted by Gasteiger charge is -2.35. The third-order valence-corrected chi connectivity index (χ3v) is 7.39. The van der Waals surface area contributed by atoms with Gasteiger partial charge >= 0.3 is 0 Å². The van der Waals surface area contributed by atoms with Crippen LogP contribution in [0.3, 0.4) is 0 Å². The molecule has 0 aliphatic carbocycles. The van der Waals surface area contributed by atoms with Crippen molar-refractivity contribution < 1.29 is 24.0 Å². The van der Waals surface area contributed by atoms with Crippen LogP contribution in [0.1, 0.15) is 17.2 Å². The summed E-state index contributed by atoms with van der Waals surface area (Å²) in [6.07, 6.45) is 3.63. The third kappa shape index (κ3) is 3.45. The summed E-state index contributed by atoms with van der Waals surface area (Å²) in [5, 5.41) is 14.4. The van der Waals surface area contributed by atoms with Gasteiger partial charge in [0.15, 0.2) is 0 Å². The number of benzene rings is 3. The molecule has 3 heterocycles.